The Bertz CT molecular complexity index is 443. The standard InChI is InChI=1S/C15H25N3O/c1-11-7-14(19-15(11)8-16)10-18-6-5-12-3-4-13(9-18)17(12)2/h7,12-13H,3-6,8-10,16H2,1-2H3. The maximum Gasteiger partial charge on any atom is 0.120 e. The molecule has 2 bridgehead atoms. The molecule has 0 saturated carbocycles. The summed E-state index contributed by atoms with van der Waals surface area (Å²) in [5.74, 6) is 2.00. The van der Waals surface area contributed by atoms with Crippen molar-refractivity contribution in [3.8, 4) is 0 Å². The van der Waals surface area contributed by atoms with E-state index in [0.717, 1.165) is 30.1 Å². The van der Waals surface area contributed by atoms with Gasteiger partial charge < -0.3 is 10.2 Å². The molecule has 106 valence electrons. The first kappa shape index (κ1) is 13.2. The van der Waals surface area contributed by atoms with Crippen LogP contribution in [0.4, 0.5) is 0 Å². The minimum atomic E-state index is 0.499. The average molecular weight is 263 g/mol. The summed E-state index contributed by atoms with van der Waals surface area (Å²) in [5.41, 5.74) is 6.86. The Hall–Kier alpha value is -0.840. The van der Waals surface area contributed by atoms with Crippen molar-refractivity contribution >= 4 is 0 Å². The summed E-state index contributed by atoms with van der Waals surface area (Å²) in [5, 5.41) is 0. The van der Waals surface area contributed by atoms with Gasteiger partial charge in [-0.15, -0.1) is 0 Å². The SMILES string of the molecule is Cc1cc(CN2CCC3CCC(C2)N3C)oc1CN. The van der Waals surface area contributed by atoms with Crippen LogP contribution in [0.2, 0.25) is 0 Å². The third-order valence-corrected chi connectivity index (χ3v) is 4.87. The van der Waals surface area contributed by atoms with Gasteiger partial charge in [0.15, 0.2) is 0 Å². The zero-order chi connectivity index (χ0) is 13.4. The highest BCUT2D eigenvalue weighted by molar-refractivity contribution is 5.19. The monoisotopic (exact) mass is 263 g/mol. The lowest BCUT2D eigenvalue weighted by molar-refractivity contribution is 0.204. The highest BCUT2D eigenvalue weighted by Gasteiger charge is 2.34. The fourth-order valence-electron chi connectivity index (χ4n) is 3.61. The van der Waals surface area contributed by atoms with Gasteiger partial charge in [-0.05, 0) is 44.9 Å². The summed E-state index contributed by atoms with van der Waals surface area (Å²) in [6, 6.07) is 3.68. The molecule has 3 heterocycles. The second-order valence-corrected chi connectivity index (χ2v) is 6.10. The summed E-state index contributed by atoms with van der Waals surface area (Å²) in [7, 11) is 2.29. The first-order chi connectivity index (χ1) is 9.17. The maximum absolute atomic E-state index is 5.83. The molecule has 2 aliphatic heterocycles. The van der Waals surface area contributed by atoms with Crippen molar-refractivity contribution in [1.29, 1.82) is 0 Å². The number of fused-ring (bicyclic) bond motifs is 2. The molecule has 4 heteroatoms. The number of likely N-dealkylation sites (N-methyl/N-ethyl adjacent to an activating group) is 1. The van der Waals surface area contributed by atoms with Crippen molar-refractivity contribution in [2.45, 2.75) is 51.4 Å². The molecule has 2 unspecified atom stereocenters. The Morgan fingerprint density at radius 3 is 2.84 bits per heavy atom. The Morgan fingerprint density at radius 1 is 1.32 bits per heavy atom. The second kappa shape index (κ2) is 5.27. The van der Waals surface area contributed by atoms with Crippen LogP contribution in [0.5, 0.6) is 0 Å². The highest BCUT2D eigenvalue weighted by atomic mass is 16.3. The molecule has 2 saturated heterocycles. The van der Waals surface area contributed by atoms with Gasteiger partial charge in [0.05, 0.1) is 13.1 Å². The number of nitrogens with two attached hydrogens (primary N) is 1. The van der Waals surface area contributed by atoms with Crippen LogP contribution >= 0.6 is 0 Å². The van der Waals surface area contributed by atoms with Crippen LogP contribution in [0.3, 0.4) is 0 Å². The summed E-state index contributed by atoms with van der Waals surface area (Å²) in [6.45, 7) is 5.86. The first-order valence-electron chi connectivity index (χ1n) is 7.40. The van der Waals surface area contributed by atoms with Gasteiger partial charge in [0.1, 0.15) is 11.5 Å². The van der Waals surface area contributed by atoms with Gasteiger partial charge in [0, 0.05) is 25.2 Å². The quantitative estimate of drug-likeness (QED) is 0.902. The molecular formula is C15H25N3O. The van der Waals surface area contributed by atoms with Crippen LogP contribution in [0.25, 0.3) is 0 Å². The van der Waals surface area contributed by atoms with E-state index in [2.05, 4.69) is 29.8 Å². The topological polar surface area (TPSA) is 45.6 Å². The third kappa shape index (κ3) is 2.57. The Kier molecular flexibility index (Phi) is 3.65. The number of hydrogen-bond acceptors (Lipinski definition) is 4. The van der Waals surface area contributed by atoms with E-state index in [9.17, 15) is 0 Å². The van der Waals surface area contributed by atoms with Gasteiger partial charge in [-0.3, -0.25) is 9.80 Å². The normalized spacial score (nSPS) is 28.8. The molecule has 2 fully saturated rings. The fraction of sp³-hybridized carbons (Fsp3) is 0.733. The van der Waals surface area contributed by atoms with E-state index in [1.807, 2.05) is 0 Å². The molecule has 0 amide bonds. The molecule has 19 heavy (non-hydrogen) atoms. The zero-order valence-corrected chi connectivity index (χ0v) is 12.1. The van der Waals surface area contributed by atoms with Gasteiger partial charge in [0.25, 0.3) is 0 Å². The van der Waals surface area contributed by atoms with E-state index in [1.165, 1.54) is 37.9 Å². The van der Waals surface area contributed by atoms with Crippen molar-refractivity contribution in [2.24, 2.45) is 5.73 Å². The highest BCUT2D eigenvalue weighted by Crippen LogP contribution is 2.29. The lowest BCUT2D eigenvalue weighted by Crippen LogP contribution is -2.36. The Labute approximate surface area is 115 Å². The van der Waals surface area contributed by atoms with Gasteiger partial charge in [-0.25, -0.2) is 0 Å². The number of aryl methyl sites for hydroxylation is 1. The molecule has 2 atom stereocenters. The molecule has 4 nitrogen and oxygen atoms in total. The van der Waals surface area contributed by atoms with Gasteiger partial charge in [-0.1, -0.05) is 0 Å². The third-order valence-electron chi connectivity index (χ3n) is 4.87. The molecule has 2 N–H and O–H groups in total. The molecule has 3 rings (SSSR count). The van der Waals surface area contributed by atoms with Gasteiger partial charge in [0.2, 0.25) is 0 Å². The molecule has 1 aromatic heterocycles. The van der Waals surface area contributed by atoms with Crippen LogP contribution in [0.15, 0.2) is 10.5 Å². The molecule has 0 aromatic carbocycles. The molecule has 1 aromatic rings. The lowest BCUT2D eigenvalue weighted by Gasteiger charge is -2.24. The summed E-state index contributed by atoms with van der Waals surface area (Å²) >= 11 is 0. The zero-order valence-electron chi connectivity index (χ0n) is 12.1. The molecule has 0 radical (unpaired) electrons. The van der Waals surface area contributed by atoms with E-state index in [-0.39, 0.29) is 0 Å². The molecule has 0 aliphatic carbocycles. The summed E-state index contributed by atoms with van der Waals surface area (Å²) in [6.07, 6.45) is 4.02. The lowest BCUT2D eigenvalue weighted by atomic mass is 10.1. The van der Waals surface area contributed by atoms with Crippen LogP contribution in [-0.4, -0.2) is 42.0 Å². The van der Waals surface area contributed by atoms with Crippen molar-refractivity contribution in [2.75, 3.05) is 20.1 Å². The van der Waals surface area contributed by atoms with Crippen molar-refractivity contribution in [3.63, 3.8) is 0 Å². The summed E-state index contributed by atoms with van der Waals surface area (Å²) in [4.78, 5) is 5.12. The number of rotatable bonds is 3. The van der Waals surface area contributed by atoms with Crippen molar-refractivity contribution in [1.82, 2.24) is 9.80 Å². The van der Waals surface area contributed by atoms with E-state index in [4.69, 9.17) is 10.2 Å². The van der Waals surface area contributed by atoms with Gasteiger partial charge in [-0.2, -0.15) is 0 Å². The Balaban J connectivity index is 1.66. The molecule has 0 spiro atoms. The first-order valence-corrected chi connectivity index (χ1v) is 7.40. The maximum atomic E-state index is 5.83. The van der Waals surface area contributed by atoms with Crippen molar-refractivity contribution in [3.05, 3.63) is 23.2 Å². The van der Waals surface area contributed by atoms with Crippen LogP contribution in [-0.2, 0) is 13.1 Å². The summed E-state index contributed by atoms with van der Waals surface area (Å²) < 4.78 is 5.83. The van der Waals surface area contributed by atoms with Crippen LogP contribution in [0.1, 0.15) is 36.3 Å². The minimum absolute atomic E-state index is 0.499. The van der Waals surface area contributed by atoms with Crippen molar-refractivity contribution < 1.29 is 4.42 Å². The largest absolute Gasteiger partial charge is 0.463 e. The fourth-order valence-corrected chi connectivity index (χ4v) is 3.61. The second-order valence-electron chi connectivity index (χ2n) is 6.10. The minimum Gasteiger partial charge on any atom is -0.463 e. The van der Waals surface area contributed by atoms with E-state index in [1.54, 1.807) is 0 Å². The van der Waals surface area contributed by atoms with E-state index >= 15 is 0 Å². The van der Waals surface area contributed by atoms with Crippen LogP contribution in [0, 0.1) is 6.92 Å². The number of hydrogen-bond donors (Lipinski definition) is 1. The average Bonchev–Trinajstić information content (AvgIpc) is 2.84. The van der Waals surface area contributed by atoms with Gasteiger partial charge >= 0.3 is 0 Å². The number of furan rings is 1. The van der Waals surface area contributed by atoms with Crippen LogP contribution < -0.4 is 5.73 Å². The smallest absolute Gasteiger partial charge is 0.120 e. The molecular weight excluding hydrogens is 238 g/mol. The van der Waals surface area contributed by atoms with E-state index < -0.39 is 0 Å². The molecule has 2 aliphatic rings. The predicted molar refractivity (Wildman–Crippen MR) is 75.8 cm³/mol. The number of nitrogens with zero attached hydrogens (tertiary/aromatic N) is 2. The number of likely N-dealkylation sites (tertiary alicyclic amines) is 1. The predicted octanol–water partition coefficient (Wildman–Crippen LogP) is 1.72. The Morgan fingerprint density at radius 2 is 2.11 bits per heavy atom. The van der Waals surface area contributed by atoms with E-state index in [0.29, 0.717) is 6.54 Å².